The molecule has 4 aliphatic rings. The zero-order valence-corrected chi connectivity index (χ0v) is 29.6. The van der Waals surface area contributed by atoms with Crippen LogP contribution in [0.15, 0.2) is 24.3 Å². The molecule has 11 nitrogen and oxygen atoms in total. The van der Waals surface area contributed by atoms with Gasteiger partial charge in [0.15, 0.2) is 5.69 Å². The highest BCUT2D eigenvalue weighted by Crippen LogP contribution is 2.47. The molecule has 5 heterocycles. The molecule has 1 atom stereocenters. The van der Waals surface area contributed by atoms with Crippen molar-refractivity contribution >= 4 is 23.3 Å². The second kappa shape index (κ2) is 13.9. The summed E-state index contributed by atoms with van der Waals surface area (Å²) in [7, 11) is 5.66. The van der Waals surface area contributed by atoms with Gasteiger partial charge >= 0.3 is 6.01 Å². The molecule has 0 radical (unpaired) electrons. The van der Waals surface area contributed by atoms with Gasteiger partial charge in [0.1, 0.15) is 5.82 Å². The van der Waals surface area contributed by atoms with Crippen molar-refractivity contribution in [3.8, 4) is 6.01 Å². The van der Waals surface area contributed by atoms with E-state index >= 15 is 0 Å². The van der Waals surface area contributed by atoms with E-state index in [0.29, 0.717) is 36.4 Å². The third-order valence-corrected chi connectivity index (χ3v) is 10.9. The van der Waals surface area contributed by atoms with Gasteiger partial charge in [-0.1, -0.05) is 49.2 Å². The van der Waals surface area contributed by atoms with Crippen molar-refractivity contribution in [2.75, 3.05) is 72.0 Å². The summed E-state index contributed by atoms with van der Waals surface area (Å²) in [6.45, 7) is 10.1. The van der Waals surface area contributed by atoms with Crippen LogP contribution in [0.25, 0.3) is 0 Å². The van der Waals surface area contributed by atoms with E-state index < -0.39 is 0 Å². The van der Waals surface area contributed by atoms with Crippen molar-refractivity contribution in [3.05, 3.63) is 63.1 Å². The number of morpholine rings is 1. The predicted molar refractivity (Wildman–Crippen MR) is 186 cm³/mol. The Labute approximate surface area is 289 Å². The quantitative estimate of drug-likeness (QED) is 0.305. The molecule has 2 aromatic heterocycles. The van der Waals surface area contributed by atoms with Gasteiger partial charge in [-0.3, -0.25) is 19.3 Å². The van der Waals surface area contributed by atoms with Gasteiger partial charge in [0, 0.05) is 76.8 Å². The lowest BCUT2D eigenvalue weighted by Gasteiger charge is -2.37. The van der Waals surface area contributed by atoms with E-state index in [9.17, 15) is 4.79 Å². The zero-order valence-electron chi connectivity index (χ0n) is 28.9. The number of hydrogen-bond acceptors (Lipinski definition) is 9. The Hall–Kier alpha value is -3.25. The van der Waals surface area contributed by atoms with Gasteiger partial charge in [0.2, 0.25) is 0 Å². The van der Waals surface area contributed by atoms with Crippen molar-refractivity contribution in [2.24, 2.45) is 5.41 Å². The van der Waals surface area contributed by atoms with E-state index in [1.165, 1.54) is 16.0 Å². The number of nitrogens with zero attached hydrogens (tertiary/aromatic N) is 8. The molecule has 3 aromatic rings. The fourth-order valence-electron chi connectivity index (χ4n) is 7.54. The highest BCUT2D eigenvalue weighted by Gasteiger charge is 2.45. The first-order valence-electron chi connectivity index (χ1n) is 17.6. The largest absolute Gasteiger partial charge is 0.463 e. The summed E-state index contributed by atoms with van der Waals surface area (Å²) >= 11 is 6.88. The number of amides is 1. The summed E-state index contributed by atoms with van der Waals surface area (Å²) in [6.07, 6.45) is 6.11. The second-order valence-electron chi connectivity index (χ2n) is 14.3. The Bertz CT molecular complexity index is 1630. The highest BCUT2D eigenvalue weighted by atomic mass is 35.5. The third-order valence-electron chi connectivity index (χ3n) is 10.5. The van der Waals surface area contributed by atoms with Gasteiger partial charge in [-0.2, -0.15) is 15.1 Å². The van der Waals surface area contributed by atoms with Crippen molar-refractivity contribution < 1.29 is 14.3 Å². The Balaban J connectivity index is 1.22. The average molecular weight is 677 g/mol. The van der Waals surface area contributed by atoms with Crippen LogP contribution in [0.5, 0.6) is 6.01 Å². The predicted octanol–water partition coefficient (Wildman–Crippen LogP) is 4.61. The molecule has 3 aliphatic heterocycles. The van der Waals surface area contributed by atoms with E-state index in [-0.39, 0.29) is 17.4 Å². The summed E-state index contributed by atoms with van der Waals surface area (Å²) < 4.78 is 14.1. The number of aryl methyl sites for hydroxylation is 2. The standard InChI is InChI=1S/C36H49ClN8O3/c1-5-9-25-10-6-7-11-26(25)29-20-28-27(21-42(29)4)33(39-35(38-28)48-24-36(12-13-36)23-43-16-18-47-19-17-43)44-14-8-15-45-30(22-44)31(37)32(40-45)34(46)41(2)3/h6-7,10-11,29H,5,8-9,12-24H2,1-4H3. The van der Waals surface area contributed by atoms with Crippen LogP contribution in [-0.2, 0) is 37.2 Å². The first-order valence-corrected chi connectivity index (χ1v) is 18.0. The van der Waals surface area contributed by atoms with E-state index in [2.05, 4.69) is 58.0 Å². The maximum atomic E-state index is 12.9. The number of benzene rings is 1. The lowest BCUT2D eigenvalue weighted by atomic mass is 9.89. The molecule has 48 heavy (non-hydrogen) atoms. The van der Waals surface area contributed by atoms with Gasteiger partial charge in [0.25, 0.3) is 5.91 Å². The number of likely N-dealkylation sites (N-methyl/N-ethyl adjacent to an activating group) is 1. The van der Waals surface area contributed by atoms with Crippen LogP contribution < -0.4 is 9.64 Å². The lowest BCUT2D eigenvalue weighted by Crippen LogP contribution is -2.41. The Morgan fingerprint density at radius 3 is 2.65 bits per heavy atom. The van der Waals surface area contributed by atoms with Crippen molar-refractivity contribution in [3.63, 3.8) is 0 Å². The number of aromatic nitrogens is 4. The molecule has 1 amide bonds. The first-order chi connectivity index (χ1) is 23.2. The number of rotatable bonds is 10. The van der Waals surface area contributed by atoms with Crippen LogP contribution in [0, 0.1) is 5.41 Å². The van der Waals surface area contributed by atoms with Gasteiger partial charge in [-0.25, -0.2) is 0 Å². The smallest absolute Gasteiger partial charge is 0.318 e. The van der Waals surface area contributed by atoms with Crippen molar-refractivity contribution in [1.82, 2.24) is 34.4 Å². The van der Waals surface area contributed by atoms with Crippen LogP contribution >= 0.6 is 11.6 Å². The number of ether oxygens (including phenoxy) is 2. The summed E-state index contributed by atoms with van der Waals surface area (Å²) in [6, 6.07) is 9.52. The molecule has 0 spiro atoms. The number of carbonyl (C=O) groups is 1. The van der Waals surface area contributed by atoms with Crippen LogP contribution in [0.1, 0.15) is 77.2 Å². The molecule has 7 rings (SSSR count). The molecule has 1 saturated heterocycles. The van der Waals surface area contributed by atoms with Crippen molar-refractivity contribution in [1.29, 1.82) is 0 Å². The Morgan fingerprint density at radius 2 is 1.90 bits per heavy atom. The topological polar surface area (TPSA) is 92.1 Å². The maximum absolute atomic E-state index is 12.9. The number of fused-ring (bicyclic) bond motifs is 2. The zero-order chi connectivity index (χ0) is 33.4. The van der Waals surface area contributed by atoms with Gasteiger partial charge in [0.05, 0.1) is 42.8 Å². The number of halogens is 1. The average Bonchev–Trinajstić information content (AvgIpc) is 3.83. The normalized spacial score (nSPS) is 20.9. The van der Waals surface area contributed by atoms with Crippen LogP contribution in [0.4, 0.5) is 5.82 Å². The molecular formula is C36H49ClN8O3. The molecule has 1 aromatic carbocycles. The molecule has 258 valence electrons. The lowest BCUT2D eigenvalue weighted by molar-refractivity contribution is 0.0231. The summed E-state index contributed by atoms with van der Waals surface area (Å²) in [5.74, 6) is 0.704. The minimum Gasteiger partial charge on any atom is -0.463 e. The fraction of sp³-hybridized carbons (Fsp3) is 0.611. The molecule has 1 aliphatic carbocycles. The van der Waals surface area contributed by atoms with Crippen LogP contribution in [0.2, 0.25) is 5.02 Å². The van der Waals surface area contributed by atoms with Gasteiger partial charge < -0.3 is 19.3 Å². The second-order valence-corrected chi connectivity index (χ2v) is 14.7. The molecule has 0 N–H and O–H groups in total. The number of hydrogen-bond donors (Lipinski definition) is 0. The van der Waals surface area contributed by atoms with Crippen LogP contribution in [-0.4, -0.2) is 107 Å². The highest BCUT2D eigenvalue weighted by molar-refractivity contribution is 6.34. The molecule has 1 unspecified atom stereocenters. The molecule has 0 bridgehead atoms. The first kappa shape index (κ1) is 33.3. The minimum atomic E-state index is -0.190. The summed E-state index contributed by atoms with van der Waals surface area (Å²) in [5, 5.41) is 5.06. The fourth-order valence-corrected chi connectivity index (χ4v) is 7.82. The minimum absolute atomic E-state index is 0.149. The summed E-state index contributed by atoms with van der Waals surface area (Å²) in [5.41, 5.74) is 6.26. The van der Waals surface area contributed by atoms with E-state index in [1.807, 2.05) is 4.68 Å². The molecule has 1 saturated carbocycles. The summed E-state index contributed by atoms with van der Waals surface area (Å²) in [4.78, 5) is 32.0. The molecular weight excluding hydrogens is 628 g/mol. The SMILES string of the molecule is CCCc1ccccc1C1Cc2nc(OCC3(CN4CCOCC4)CC3)nc(N3CCCn4nc(C(=O)N(C)C)c(Cl)c4C3)c2CN1C. The van der Waals surface area contributed by atoms with Gasteiger partial charge in [-0.15, -0.1) is 0 Å². The van der Waals surface area contributed by atoms with Crippen LogP contribution in [0.3, 0.4) is 0 Å². The van der Waals surface area contributed by atoms with E-state index in [1.54, 1.807) is 14.1 Å². The van der Waals surface area contributed by atoms with Crippen molar-refractivity contribution in [2.45, 2.75) is 71.1 Å². The Kier molecular flexibility index (Phi) is 9.65. The number of anilines is 1. The van der Waals surface area contributed by atoms with E-state index in [4.69, 9.17) is 31.0 Å². The molecule has 12 heteroatoms. The number of carbonyl (C=O) groups excluding carboxylic acids is 1. The Morgan fingerprint density at radius 1 is 1.10 bits per heavy atom. The van der Waals surface area contributed by atoms with E-state index in [0.717, 1.165) is 107 Å². The molecule has 2 fully saturated rings. The monoisotopic (exact) mass is 676 g/mol. The maximum Gasteiger partial charge on any atom is 0.318 e. The third kappa shape index (κ3) is 6.79. The van der Waals surface area contributed by atoms with Gasteiger partial charge in [-0.05, 0) is 43.9 Å².